The first-order valence-electron chi connectivity index (χ1n) is 4.21. The number of hydrogen-bond donors (Lipinski definition) is 2. The molecule has 0 aliphatic heterocycles. The van der Waals surface area contributed by atoms with Crippen molar-refractivity contribution in [2.45, 2.75) is 0 Å². The molecule has 0 atom stereocenters. The van der Waals surface area contributed by atoms with Gasteiger partial charge in [-0.3, -0.25) is 0 Å². The Kier molecular flexibility index (Phi) is 4.79. The molecular weight excluding hydrogens is 222 g/mol. The lowest BCUT2D eigenvalue weighted by Crippen LogP contribution is -2.14. The predicted octanol–water partition coefficient (Wildman–Crippen LogP) is 0.643. The molecule has 0 aliphatic rings. The van der Waals surface area contributed by atoms with Crippen LogP contribution >= 0.6 is 11.6 Å². The Bertz CT molecular complexity index is 317. The van der Waals surface area contributed by atoms with E-state index in [-0.39, 0.29) is 13.2 Å². The van der Waals surface area contributed by atoms with Crippen LogP contribution in [0.4, 0.5) is 5.82 Å². The lowest BCUT2D eigenvalue weighted by Gasteiger charge is -2.04. The van der Waals surface area contributed by atoms with Gasteiger partial charge in [0.2, 0.25) is 0 Å². The lowest BCUT2D eigenvalue weighted by molar-refractivity contribution is -0.142. The molecule has 15 heavy (non-hydrogen) atoms. The molecule has 0 amide bonds. The van der Waals surface area contributed by atoms with Crippen LogP contribution in [0.15, 0.2) is 12.1 Å². The van der Waals surface area contributed by atoms with Crippen molar-refractivity contribution in [2.75, 3.05) is 25.1 Å². The van der Waals surface area contributed by atoms with Crippen molar-refractivity contribution in [1.29, 1.82) is 0 Å². The molecule has 0 unspecified atom stereocenters. The van der Waals surface area contributed by atoms with Crippen LogP contribution in [0.2, 0.25) is 5.15 Å². The van der Waals surface area contributed by atoms with Crippen LogP contribution < -0.4 is 5.32 Å². The van der Waals surface area contributed by atoms with Crippen molar-refractivity contribution in [3.05, 3.63) is 17.3 Å². The maximum Gasteiger partial charge on any atom is 0.329 e. The van der Waals surface area contributed by atoms with E-state index in [1.807, 2.05) is 0 Å². The monoisotopic (exact) mass is 231 g/mol. The maximum atomic E-state index is 10.1. The molecule has 0 saturated carbocycles. The molecule has 0 spiro atoms. The Balaban J connectivity index is 2.15. The summed E-state index contributed by atoms with van der Waals surface area (Å²) >= 11 is 5.54. The van der Waals surface area contributed by atoms with E-state index in [9.17, 15) is 4.79 Å². The van der Waals surface area contributed by atoms with Crippen LogP contribution in [0.5, 0.6) is 0 Å². The van der Waals surface area contributed by atoms with Gasteiger partial charge in [0.15, 0.2) is 5.15 Å². The number of ether oxygens (including phenoxy) is 1. The van der Waals surface area contributed by atoms with E-state index in [0.29, 0.717) is 17.5 Å². The zero-order chi connectivity index (χ0) is 11.1. The maximum absolute atomic E-state index is 10.1. The number of carbonyl (C=O) groups is 1. The smallest absolute Gasteiger partial charge is 0.329 e. The molecule has 7 heteroatoms. The van der Waals surface area contributed by atoms with Crippen LogP contribution in [0.1, 0.15) is 0 Å². The SMILES string of the molecule is O=C(O)COCCNc1ccc(Cl)nn1. The first-order chi connectivity index (χ1) is 7.18. The van der Waals surface area contributed by atoms with Gasteiger partial charge in [0.05, 0.1) is 6.61 Å². The Morgan fingerprint density at radius 3 is 2.93 bits per heavy atom. The molecule has 0 radical (unpaired) electrons. The van der Waals surface area contributed by atoms with Gasteiger partial charge in [0.25, 0.3) is 0 Å². The second-order valence-electron chi connectivity index (χ2n) is 2.61. The average Bonchev–Trinajstić information content (AvgIpc) is 2.20. The number of nitrogens with one attached hydrogen (secondary N) is 1. The number of anilines is 1. The highest BCUT2D eigenvalue weighted by molar-refractivity contribution is 6.29. The number of carboxylic acids is 1. The fourth-order valence-electron chi connectivity index (χ4n) is 0.821. The van der Waals surface area contributed by atoms with Crippen LogP contribution in [0, 0.1) is 0 Å². The Labute approximate surface area is 91.2 Å². The molecule has 1 rings (SSSR count). The molecule has 1 aromatic heterocycles. The van der Waals surface area contributed by atoms with E-state index < -0.39 is 5.97 Å². The van der Waals surface area contributed by atoms with Gasteiger partial charge >= 0.3 is 5.97 Å². The van der Waals surface area contributed by atoms with E-state index in [1.165, 1.54) is 0 Å². The van der Waals surface area contributed by atoms with Crippen molar-refractivity contribution in [1.82, 2.24) is 10.2 Å². The molecule has 0 saturated heterocycles. The van der Waals surface area contributed by atoms with Gasteiger partial charge in [0, 0.05) is 6.54 Å². The summed E-state index contributed by atoms with van der Waals surface area (Å²) in [4.78, 5) is 10.1. The quantitative estimate of drug-likeness (QED) is 0.699. The summed E-state index contributed by atoms with van der Waals surface area (Å²) in [5.74, 6) is -0.417. The summed E-state index contributed by atoms with van der Waals surface area (Å²) in [6.45, 7) is 0.453. The molecule has 82 valence electrons. The summed E-state index contributed by atoms with van der Waals surface area (Å²) in [7, 11) is 0. The molecule has 0 aliphatic carbocycles. The second kappa shape index (κ2) is 6.15. The number of carboxylic acid groups (broad SMARTS) is 1. The summed E-state index contributed by atoms with van der Waals surface area (Å²) in [5, 5.41) is 18.9. The minimum atomic E-state index is -0.985. The van der Waals surface area contributed by atoms with E-state index in [4.69, 9.17) is 21.4 Å². The average molecular weight is 232 g/mol. The van der Waals surface area contributed by atoms with Crippen LogP contribution in [-0.4, -0.2) is 41.0 Å². The highest BCUT2D eigenvalue weighted by atomic mass is 35.5. The van der Waals surface area contributed by atoms with Crippen molar-refractivity contribution in [3.63, 3.8) is 0 Å². The Morgan fingerprint density at radius 1 is 1.53 bits per heavy atom. The van der Waals surface area contributed by atoms with Gasteiger partial charge in [-0.05, 0) is 12.1 Å². The summed E-state index contributed by atoms with van der Waals surface area (Å²) in [6.07, 6.45) is 0. The zero-order valence-corrected chi connectivity index (χ0v) is 8.57. The molecule has 2 N–H and O–H groups in total. The van der Waals surface area contributed by atoms with Crippen molar-refractivity contribution >= 4 is 23.4 Å². The molecule has 1 aromatic rings. The molecule has 0 fully saturated rings. The lowest BCUT2D eigenvalue weighted by atomic mass is 10.5. The van der Waals surface area contributed by atoms with Gasteiger partial charge in [0.1, 0.15) is 12.4 Å². The highest BCUT2D eigenvalue weighted by Gasteiger charge is 1.97. The highest BCUT2D eigenvalue weighted by Crippen LogP contribution is 2.05. The zero-order valence-electron chi connectivity index (χ0n) is 7.81. The third kappa shape index (κ3) is 5.14. The molecule has 1 heterocycles. The molecule has 0 aromatic carbocycles. The van der Waals surface area contributed by atoms with Crippen LogP contribution in [0.3, 0.4) is 0 Å². The van der Waals surface area contributed by atoms with Gasteiger partial charge in [-0.2, -0.15) is 0 Å². The van der Waals surface area contributed by atoms with E-state index in [1.54, 1.807) is 12.1 Å². The first-order valence-corrected chi connectivity index (χ1v) is 4.59. The normalized spacial score (nSPS) is 9.93. The van der Waals surface area contributed by atoms with Crippen molar-refractivity contribution < 1.29 is 14.6 Å². The van der Waals surface area contributed by atoms with Gasteiger partial charge < -0.3 is 15.2 Å². The predicted molar refractivity (Wildman–Crippen MR) is 54.0 cm³/mol. The summed E-state index contributed by atoms with van der Waals surface area (Å²) in [6, 6.07) is 3.28. The third-order valence-corrected chi connectivity index (χ3v) is 1.61. The van der Waals surface area contributed by atoms with Crippen molar-refractivity contribution in [2.24, 2.45) is 0 Å². The standard InChI is InChI=1S/C8H10ClN3O3/c9-6-1-2-7(12-11-6)10-3-4-15-5-8(13)14/h1-2H,3-5H2,(H,10,12)(H,13,14). The third-order valence-electron chi connectivity index (χ3n) is 1.41. The Morgan fingerprint density at radius 2 is 2.33 bits per heavy atom. The first kappa shape index (κ1) is 11.7. The molecule has 0 bridgehead atoms. The van der Waals surface area contributed by atoms with Crippen LogP contribution in [0.25, 0.3) is 0 Å². The molecular formula is C8H10ClN3O3. The second-order valence-corrected chi connectivity index (χ2v) is 3.00. The number of aliphatic carboxylic acids is 1. The van der Waals surface area contributed by atoms with E-state index in [0.717, 1.165) is 0 Å². The number of nitrogens with zero attached hydrogens (tertiary/aromatic N) is 2. The van der Waals surface area contributed by atoms with E-state index in [2.05, 4.69) is 15.5 Å². The van der Waals surface area contributed by atoms with Crippen LogP contribution in [-0.2, 0) is 9.53 Å². The fourth-order valence-corrected chi connectivity index (χ4v) is 0.922. The largest absolute Gasteiger partial charge is 0.480 e. The number of rotatable bonds is 6. The fraction of sp³-hybridized carbons (Fsp3) is 0.375. The topological polar surface area (TPSA) is 84.3 Å². The van der Waals surface area contributed by atoms with Gasteiger partial charge in [-0.15, -0.1) is 10.2 Å². The minimum Gasteiger partial charge on any atom is -0.480 e. The minimum absolute atomic E-state index is 0.288. The van der Waals surface area contributed by atoms with Crippen molar-refractivity contribution in [3.8, 4) is 0 Å². The number of halogens is 1. The van der Waals surface area contributed by atoms with Gasteiger partial charge in [-0.25, -0.2) is 4.79 Å². The number of hydrogen-bond acceptors (Lipinski definition) is 5. The number of aromatic nitrogens is 2. The Hall–Kier alpha value is -1.40. The molecule has 6 nitrogen and oxygen atoms in total. The summed E-state index contributed by atoms with van der Waals surface area (Å²) in [5.41, 5.74) is 0. The van der Waals surface area contributed by atoms with E-state index >= 15 is 0 Å². The van der Waals surface area contributed by atoms with Gasteiger partial charge in [-0.1, -0.05) is 11.6 Å². The summed E-state index contributed by atoms with van der Waals surface area (Å²) < 4.78 is 4.80.